The van der Waals surface area contributed by atoms with Crippen molar-refractivity contribution in [1.82, 2.24) is 5.32 Å². The summed E-state index contributed by atoms with van der Waals surface area (Å²) < 4.78 is 5.77. The number of aryl methyl sites for hydroxylation is 1. The van der Waals surface area contributed by atoms with Crippen molar-refractivity contribution < 1.29 is 4.74 Å². The zero-order valence-electron chi connectivity index (χ0n) is 11.1. The Morgan fingerprint density at radius 3 is 3.06 bits per heavy atom. The predicted octanol–water partition coefficient (Wildman–Crippen LogP) is 2.46. The summed E-state index contributed by atoms with van der Waals surface area (Å²) in [5, 5.41) is 4.01. The van der Waals surface area contributed by atoms with Gasteiger partial charge in [0.1, 0.15) is 0 Å². The molecule has 1 N–H and O–H groups in total. The van der Waals surface area contributed by atoms with Gasteiger partial charge < -0.3 is 15.0 Å². The summed E-state index contributed by atoms with van der Waals surface area (Å²) in [5.74, 6) is 0. The fraction of sp³-hybridized carbons (Fsp3) is 0.571. The zero-order valence-corrected chi connectivity index (χ0v) is 11.8. The number of ether oxygens (including phenoxy) is 1. The van der Waals surface area contributed by atoms with Gasteiger partial charge in [-0.05, 0) is 44.6 Å². The maximum atomic E-state index is 6.19. The molecular formula is C14H21ClN2O. The molecule has 0 saturated carbocycles. The monoisotopic (exact) mass is 268 g/mol. The molecule has 4 heteroatoms. The van der Waals surface area contributed by atoms with Crippen LogP contribution in [0.25, 0.3) is 0 Å². The molecule has 1 aromatic rings. The Hall–Kier alpha value is -0.770. The van der Waals surface area contributed by atoms with Gasteiger partial charge in [0.15, 0.2) is 0 Å². The Labute approximate surface area is 114 Å². The molecule has 1 aliphatic rings. The third-order valence-corrected chi connectivity index (χ3v) is 3.78. The summed E-state index contributed by atoms with van der Waals surface area (Å²) in [5.41, 5.74) is 2.32. The second kappa shape index (κ2) is 6.41. The SMILES string of the molecule is CNCCC1CN(c2ccc(C)c(Cl)c2)CCO1. The predicted molar refractivity (Wildman–Crippen MR) is 76.7 cm³/mol. The number of halogens is 1. The molecule has 0 bridgehead atoms. The van der Waals surface area contributed by atoms with Gasteiger partial charge in [0.2, 0.25) is 0 Å². The lowest BCUT2D eigenvalue weighted by Crippen LogP contribution is -2.43. The van der Waals surface area contributed by atoms with Gasteiger partial charge in [0.05, 0.1) is 12.7 Å². The summed E-state index contributed by atoms with van der Waals surface area (Å²) in [7, 11) is 1.97. The number of nitrogens with zero attached hydrogens (tertiary/aromatic N) is 1. The molecule has 0 aromatic heterocycles. The number of hydrogen-bond acceptors (Lipinski definition) is 3. The molecule has 3 nitrogen and oxygen atoms in total. The topological polar surface area (TPSA) is 24.5 Å². The lowest BCUT2D eigenvalue weighted by Gasteiger charge is -2.34. The fourth-order valence-corrected chi connectivity index (χ4v) is 2.39. The molecule has 0 spiro atoms. The second-order valence-corrected chi connectivity index (χ2v) is 5.17. The first-order valence-electron chi connectivity index (χ1n) is 6.48. The highest BCUT2D eigenvalue weighted by Gasteiger charge is 2.20. The normalized spacial score (nSPS) is 20.2. The number of benzene rings is 1. The molecule has 1 aliphatic heterocycles. The minimum Gasteiger partial charge on any atom is -0.374 e. The number of rotatable bonds is 4. The first-order chi connectivity index (χ1) is 8.70. The minimum atomic E-state index is 0.311. The smallest absolute Gasteiger partial charge is 0.0762 e. The van der Waals surface area contributed by atoms with Crippen molar-refractivity contribution >= 4 is 17.3 Å². The molecule has 1 unspecified atom stereocenters. The van der Waals surface area contributed by atoms with Crippen LogP contribution in [0.15, 0.2) is 18.2 Å². The van der Waals surface area contributed by atoms with Crippen LogP contribution < -0.4 is 10.2 Å². The van der Waals surface area contributed by atoms with Crippen LogP contribution in [0.5, 0.6) is 0 Å². The number of morpholine rings is 1. The van der Waals surface area contributed by atoms with Crippen LogP contribution in [0, 0.1) is 6.92 Å². The maximum Gasteiger partial charge on any atom is 0.0762 e. The number of anilines is 1. The van der Waals surface area contributed by atoms with E-state index in [1.165, 1.54) is 5.69 Å². The van der Waals surface area contributed by atoms with Crippen molar-refractivity contribution in [1.29, 1.82) is 0 Å². The molecule has 1 aromatic carbocycles. The molecular weight excluding hydrogens is 248 g/mol. The van der Waals surface area contributed by atoms with Gasteiger partial charge in [0.25, 0.3) is 0 Å². The van der Waals surface area contributed by atoms with E-state index < -0.39 is 0 Å². The third-order valence-electron chi connectivity index (χ3n) is 3.38. The van der Waals surface area contributed by atoms with Gasteiger partial charge in [-0.3, -0.25) is 0 Å². The van der Waals surface area contributed by atoms with Gasteiger partial charge in [0, 0.05) is 23.8 Å². The highest BCUT2D eigenvalue weighted by atomic mass is 35.5. The van der Waals surface area contributed by atoms with Crippen LogP contribution in [-0.4, -0.2) is 39.4 Å². The molecule has 100 valence electrons. The van der Waals surface area contributed by atoms with Crippen molar-refractivity contribution in [2.24, 2.45) is 0 Å². The first kappa shape index (κ1) is 13.7. The molecule has 2 rings (SSSR count). The van der Waals surface area contributed by atoms with Gasteiger partial charge in [-0.2, -0.15) is 0 Å². The average Bonchev–Trinajstić information content (AvgIpc) is 2.40. The summed E-state index contributed by atoms with van der Waals surface area (Å²) >= 11 is 6.19. The molecule has 0 radical (unpaired) electrons. The van der Waals surface area contributed by atoms with Crippen LogP contribution in [0.2, 0.25) is 5.02 Å². The first-order valence-corrected chi connectivity index (χ1v) is 6.86. The Morgan fingerprint density at radius 2 is 2.33 bits per heavy atom. The van der Waals surface area contributed by atoms with E-state index in [1.54, 1.807) is 0 Å². The van der Waals surface area contributed by atoms with Gasteiger partial charge in [-0.15, -0.1) is 0 Å². The van der Waals surface area contributed by atoms with Gasteiger partial charge in [-0.1, -0.05) is 17.7 Å². The highest BCUT2D eigenvalue weighted by Crippen LogP contribution is 2.25. The molecule has 18 heavy (non-hydrogen) atoms. The van der Waals surface area contributed by atoms with E-state index in [2.05, 4.69) is 28.4 Å². The molecule has 0 amide bonds. The maximum absolute atomic E-state index is 6.19. The Bertz CT molecular complexity index is 397. The van der Waals surface area contributed by atoms with Crippen LogP contribution >= 0.6 is 11.6 Å². The number of nitrogens with one attached hydrogen (secondary N) is 1. The van der Waals surface area contributed by atoms with E-state index in [1.807, 2.05) is 14.0 Å². The van der Waals surface area contributed by atoms with E-state index in [4.69, 9.17) is 16.3 Å². The largest absolute Gasteiger partial charge is 0.374 e. The van der Waals surface area contributed by atoms with Gasteiger partial charge >= 0.3 is 0 Å². The molecule has 0 aliphatic carbocycles. The average molecular weight is 269 g/mol. The van der Waals surface area contributed by atoms with Crippen molar-refractivity contribution in [2.75, 3.05) is 38.2 Å². The summed E-state index contributed by atoms with van der Waals surface area (Å²) in [6.07, 6.45) is 1.36. The van der Waals surface area contributed by atoms with E-state index in [-0.39, 0.29) is 0 Å². The van der Waals surface area contributed by atoms with Crippen molar-refractivity contribution in [2.45, 2.75) is 19.4 Å². The van der Waals surface area contributed by atoms with E-state index >= 15 is 0 Å². The Morgan fingerprint density at radius 1 is 1.50 bits per heavy atom. The molecule has 1 saturated heterocycles. The van der Waals surface area contributed by atoms with E-state index in [9.17, 15) is 0 Å². The number of hydrogen-bond donors (Lipinski definition) is 1. The summed E-state index contributed by atoms with van der Waals surface area (Å²) in [4.78, 5) is 2.36. The van der Waals surface area contributed by atoms with E-state index in [0.29, 0.717) is 6.10 Å². The quantitative estimate of drug-likeness (QED) is 0.908. The second-order valence-electron chi connectivity index (χ2n) is 4.76. The molecule has 1 fully saturated rings. The lowest BCUT2D eigenvalue weighted by molar-refractivity contribution is 0.0358. The minimum absolute atomic E-state index is 0.311. The Balaban J connectivity index is 2.01. The van der Waals surface area contributed by atoms with Crippen LogP contribution in [0.1, 0.15) is 12.0 Å². The highest BCUT2D eigenvalue weighted by molar-refractivity contribution is 6.31. The van der Waals surface area contributed by atoms with Crippen LogP contribution in [0.3, 0.4) is 0 Å². The fourth-order valence-electron chi connectivity index (χ4n) is 2.21. The Kier molecular flexibility index (Phi) is 4.87. The summed E-state index contributed by atoms with van der Waals surface area (Å²) in [6, 6.07) is 6.27. The third kappa shape index (κ3) is 3.37. The van der Waals surface area contributed by atoms with Crippen molar-refractivity contribution in [3.63, 3.8) is 0 Å². The van der Waals surface area contributed by atoms with Crippen molar-refractivity contribution in [3.8, 4) is 0 Å². The molecule has 1 atom stereocenters. The van der Waals surface area contributed by atoms with Crippen molar-refractivity contribution in [3.05, 3.63) is 28.8 Å². The summed E-state index contributed by atoms with van der Waals surface area (Å²) in [6.45, 7) is 5.70. The lowest BCUT2D eigenvalue weighted by atomic mass is 10.1. The van der Waals surface area contributed by atoms with E-state index in [0.717, 1.165) is 43.2 Å². The van der Waals surface area contributed by atoms with Crippen LogP contribution in [-0.2, 0) is 4.74 Å². The van der Waals surface area contributed by atoms with Crippen LogP contribution in [0.4, 0.5) is 5.69 Å². The van der Waals surface area contributed by atoms with Gasteiger partial charge in [-0.25, -0.2) is 0 Å². The zero-order chi connectivity index (χ0) is 13.0. The molecule has 1 heterocycles. The standard InChI is InChI=1S/C14H21ClN2O/c1-11-3-4-12(9-14(11)15)17-7-8-18-13(10-17)5-6-16-2/h3-4,9,13,16H,5-8,10H2,1-2H3.